The first-order valence-corrected chi connectivity index (χ1v) is 12.3. The molecule has 0 saturated heterocycles. The van der Waals surface area contributed by atoms with Crippen molar-refractivity contribution in [3.63, 3.8) is 0 Å². The topological polar surface area (TPSA) is 96.5 Å². The lowest BCUT2D eigenvalue weighted by atomic mass is 10.1. The minimum absolute atomic E-state index is 0.0177. The number of anilines is 2. The van der Waals surface area contributed by atoms with E-state index in [0.29, 0.717) is 23.4 Å². The number of carbonyl (C=O) groups excluding carboxylic acids is 3. The molecule has 0 bridgehead atoms. The summed E-state index contributed by atoms with van der Waals surface area (Å²) in [6.45, 7) is 0.285. The van der Waals surface area contributed by atoms with Crippen molar-refractivity contribution in [2.45, 2.75) is 25.7 Å². The summed E-state index contributed by atoms with van der Waals surface area (Å²) in [5.41, 5.74) is 2.28. The van der Waals surface area contributed by atoms with Crippen molar-refractivity contribution in [3.8, 4) is 0 Å². The number of thiocarbonyl (C=S) groups is 1. The molecule has 0 atom stereocenters. The highest BCUT2D eigenvalue weighted by Gasteiger charge is 2.12. The lowest BCUT2D eigenvalue weighted by Gasteiger charge is -2.11. The molecule has 0 aromatic heterocycles. The summed E-state index contributed by atoms with van der Waals surface area (Å²) in [5, 5.41) is 7.86. The van der Waals surface area contributed by atoms with E-state index in [1.54, 1.807) is 18.2 Å². The Bertz CT molecular complexity index is 1270. The van der Waals surface area contributed by atoms with E-state index >= 15 is 0 Å². The molecule has 0 radical (unpaired) electrons. The third-order valence-corrected chi connectivity index (χ3v) is 5.58. The van der Waals surface area contributed by atoms with Gasteiger partial charge in [-0.1, -0.05) is 48.0 Å². The molecule has 0 fully saturated rings. The van der Waals surface area contributed by atoms with Crippen molar-refractivity contribution in [1.29, 1.82) is 0 Å². The number of carbonyl (C=O) groups is 3. The van der Waals surface area contributed by atoms with E-state index in [1.165, 1.54) is 23.8 Å². The van der Waals surface area contributed by atoms with Gasteiger partial charge in [0.2, 0.25) is 5.91 Å². The second-order valence-corrected chi connectivity index (χ2v) is 8.79. The summed E-state index contributed by atoms with van der Waals surface area (Å²) in [6.07, 6.45) is 1.35. The van der Waals surface area contributed by atoms with E-state index in [9.17, 15) is 18.8 Å². The molecule has 0 aliphatic carbocycles. The predicted octanol–water partition coefficient (Wildman–Crippen LogP) is 5.50. The smallest absolute Gasteiger partial charge is 0.306 e. The number of rotatable bonds is 10. The van der Waals surface area contributed by atoms with Crippen LogP contribution in [0.5, 0.6) is 0 Å². The standard InChI is InChI=1S/C27H25ClFN3O4S/c28-22-17-21(11-12-23(22)29)30-26(35)19-9-4-10-20(16-19)31-27(37)32-24(33)13-14-25(34)36-15-5-8-18-6-2-1-3-7-18/h1-4,6-7,9-12,16-17H,5,8,13-15H2,(H,30,35)(H2,31,32,33,37). The molecule has 0 spiro atoms. The van der Waals surface area contributed by atoms with E-state index in [4.69, 9.17) is 28.6 Å². The van der Waals surface area contributed by atoms with E-state index in [1.807, 2.05) is 30.3 Å². The number of hydrogen-bond donors (Lipinski definition) is 3. The molecule has 37 heavy (non-hydrogen) atoms. The number of amides is 2. The molecule has 10 heteroatoms. The van der Waals surface area contributed by atoms with E-state index in [0.717, 1.165) is 12.5 Å². The summed E-state index contributed by atoms with van der Waals surface area (Å²) < 4.78 is 18.5. The minimum Gasteiger partial charge on any atom is -0.466 e. The molecule has 0 heterocycles. The fourth-order valence-corrected chi connectivity index (χ4v) is 3.67. The van der Waals surface area contributed by atoms with Gasteiger partial charge in [-0.15, -0.1) is 0 Å². The van der Waals surface area contributed by atoms with Crippen LogP contribution < -0.4 is 16.0 Å². The summed E-state index contributed by atoms with van der Waals surface area (Å²) in [4.78, 5) is 36.6. The van der Waals surface area contributed by atoms with Crippen LogP contribution >= 0.6 is 23.8 Å². The van der Waals surface area contributed by atoms with E-state index < -0.39 is 23.6 Å². The molecule has 3 N–H and O–H groups in total. The summed E-state index contributed by atoms with van der Waals surface area (Å²) in [5.74, 6) is -1.93. The van der Waals surface area contributed by atoms with Crippen LogP contribution in [0.3, 0.4) is 0 Å². The van der Waals surface area contributed by atoms with Crippen molar-refractivity contribution < 1.29 is 23.5 Å². The molecule has 192 valence electrons. The van der Waals surface area contributed by atoms with Gasteiger partial charge in [-0.25, -0.2) is 4.39 Å². The zero-order valence-corrected chi connectivity index (χ0v) is 21.3. The van der Waals surface area contributed by atoms with E-state index in [2.05, 4.69) is 16.0 Å². The van der Waals surface area contributed by atoms with Gasteiger partial charge in [-0.2, -0.15) is 0 Å². The summed E-state index contributed by atoms with van der Waals surface area (Å²) in [6, 6.07) is 20.2. The van der Waals surface area contributed by atoms with Crippen molar-refractivity contribution in [3.05, 3.63) is 94.8 Å². The molecule has 2 amide bonds. The lowest BCUT2D eigenvalue weighted by molar-refractivity contribution is -0.145. The number of nitrogens with one attached hydrogen (secondary N) is 3. The molecular formula is C27H25ClFN3O4S. The van der Waals surface area contributed by atoms with Crippen molar-refractivity contribution in [2.24, 2.45) is 0 Å². The summed E-state index contributed by atoms with van der Waals surface area (Å²) >= 11 is 10.9. The van der Waals surface area contributed by atoms with E-state index in [-0.39, 0.29) is 29.6 Å². The molecule has 3 aromatic rings. The Morgan fingerprint density at radius 1 is 0.892 bits per heavy atom. The molecule has 0 unspecified atom stereocenters. The third-order valence-electron chi connectivity index (χ3n) is 5.08. The molecule has 3 rings (SSSR count). The van der Waals surface area contributed by atoms with Gasteiger partial charge < -0.3 is 20.7 Å². The summed E-state index contributed by atoms with van der Waals surface area (Å²) in [7, 11) is 0. The Morgan fingerprint density at radius 3 is 2.41 bits per heavy atom. The Kier molecular flexibility index (Phi) is 10.5. The van der Waals surface area contributed by atoms with Gasteiger partial charge in [0.15, 0.2) is 5.11 Å². The fourth-order valence-electron chi connectivity index (χ4n) is 3.26. The Labute approximate surface area is 224 Å². The number of ether oxygens (including phenoxy) is 1. The second kappa shape index (κ2) is 14.1. The largest absolute Gasteiger partial charge is 0.466 e. The van der Waals surface area contributed by atoms with Gasteiger partial charge in [0.05, 0.1) is 18.1 Å². The quantitative estimate of drug-likeness (QED) is 0.178. The maximum Gasteiger partial charge on any atom is 0.306 e. The first kappa shape index (κ1) is 27.8. The number of esters is 1. The van der Waals surface area contributed by atoms with Gasteiger partial charge in [-0.3, -0.25) is 14.4 Å². The Hall–Kier alpha value is -3.82. The SMILES string of the molecule is O=C(CCC(=O)OCCCc1ccccc1)NC(=S)Nc1cccc(C(=O)Nc2ccc(F)c(Cl)c2)c1. The lowest BCUT2D eigenvalue weighted by Crippen LogP contribution is -2.34. The van der Waals surface area contributed by atoms with Crippen molar-refractivity contribution in [2.75, 3.05) is 17.2 Å². The monoisotopic (exact) mass is 541 g/mol. The highest BCUT2D eigenvalue weighted by molar-refractivity contribution is 7.80. The Balaban J connectivity index is 1.38. The number of benzene rings is 3. The third kappa shape index (κ3) is 9.63. The van der Waals surface area contributed by atoms with Gasteiger partial charge in [0.1, 0.15) is 5.82 Å². The predicted molar refractivity (Wildman–Crippen MR) is 145 cm³/mol. The van der Waals surface area contributed by atoms with Crippen LogP contribution in [0, 0.1) is 5.82 Å². The average Bonchev–Trinajstić information content (AvgIpc) is 2.88. The first-order valence-electron chi connectivity index (χ1n) is 11.5. The first-order chi connectivity index (χ1) is 17.8. The van der Waals surface area contributed by atoms with Gasteiger partial charge in [-0.05, 0) is 67.0 Å². The molecule has 3 aromatic carbocycles. The fraction of sp³-hybridized carbons (Fsp3) is 0.185. The minimum atomic E-state index is -0.586. The van der Waals surface area contributed by atoms with Crippen LogP contribution in [-0.4, -0.2) is 29.5 Å². The van der Waals surface area contributed by atoms with Gasteiger partial charge >= 0.3 is 5.97 Å². The van der Waals surface area contributed by atoms with Crippen molar-refractivity contribution in [1.82, 2.24) is 5.32 Å². The van der Waals surface area contributed by atoms with Crippen LogP contribution in [0.4, 0.5) is 15.8 Å². The molecule has 7 nitrogen and oxygen atoms in total. The number of halogens is 2. The molecule has 0 saturated carbocycles. The highest BCUT2D eigenvalue weighted by atomic mass is 35.5. The normalized spacial score (nSPS) is 10.3. The maximum absolute atomic E-state index is 13.3. The molecule has 0 aliphatic rings. The van der Waals surface area contributed by atoms with Crippen LogP contribution in [0.15, 0.2) is 72.8 Å². The zero-order chi connectivity index (χ0) is 26.6. The van der Waals surface area contributed by atoms with Crippen LogP contribution in [0.1, 0.15) is 35.2 Å². The zero-order valence-electron chi connectivity index (χ0n) is 19.8. The second-order valence-electron chi connectivity index (χ2n) is 7.98. The van der Waals surface area contributed by atoms with Gasteiger partial charge in [0, 0.05) is 23.4 Å². The Morgan fingerprint density at radius 2 is 1.65 bits per heavy atom. The van der Waals surface area contributed by atoms with Crippen LogP contribution in [0.2, 0.25) is 5.02 Å². The van der Waals surface area contributed by atoms with Crippen LogP contribution in [-0.2, 0) is 20.7 Å². The van der Waals surface area contributed by atoms with Gasteiger partial charge in [0.25, 0.3) is 5.91 Å². The van der Waals surface area contributed by atoms with Crippen LogP contribution in [0.25, 0.3) is 0 Å². The average molecular weight is 542 g/mol. The highest BCUT2D eigenvalue weighted by Crippen LogP contribution is 2.20. The number of aryl methyl sites for hydroxylation is 1. The maximum atomic E-state index is 13.3. The number of hydrogen-bond acceptors (Lipinski definition) is 5. The molecular weight excluding hydrogens is 517 g/mol. The van der Waals surface area contributed by atoms with Crippen molar-refractivity contribution >= 4 is 58.1 Å². The molecule has 0 aliphatic heterocycles.